The van der Waals surface area contributed by atoms with Crippen LogP contribution in [0.5, 0.6) is 0 Å². The van der Waals surface area contributed by atoms with Gasteiger partial charge in [-0.2, -0.15) is 5.10 Å². The minimum absolute atomic E-state index is 0.0121. The van der Waals surface area contributed by atoms with Gasteiger partial charge < -0.3 is 9.47 Å². The first-order chi connectivity index (χ1) is 17.1. The van der Waals surface area contributed by atoms with Crippen molar-refractivity contribution >= 4 is 49.8 Å². The van der Waals surface area contributed by atoms with Crippen LogP contribution in [0.1, 0.15) is 30.8 Å². The summed E-state index contributed by atoms with van der Waals surface area (Å²) in [6.45, 7) is 6.97. The Labute approximate surface area is 213 Å². The Kier molecular flexibility index (Phi) is 5.72. The molecular formula is C25H24N4O5S2. The number of hydrogen-bond acceptors (Lipinski definition) is 8. The van der Waals surface area contributed by atoms with Gasteiger partial charge >= 0.3 is 5.97 Å². The van der Waals surface area contributed by atoms with Gasteiger partial charge in [-0.1, -0.05) is 36.4 Å². The Morgan fingerprint density at radius 2 is 1.92 bits per heavy atom. The third-order valence-electron chi connectivity index (χ3n) is 6.41. The molecular weight excluding hydrogens is 500 g/mol. The minimum Gasteiger partial charge on any atom is -0.464 e. The summed E-state index contributed by atoms with van der Waals surface area (Å²) in [7, 11) is -4.33. The monoisotopic (exact) mass is 524 g/mol. The van der Waals surface area contributed by atoms with E-state index in [0.29, 0.717) is 22.3 Å². The van der Waals surface area contributed by atoms with Gasteiger partial charge in [0.1, 0.15) is 0 Å². The van der Waals surface area contributed by atoms with E-state index in [1.54, 1.807) is 49.7 Å². The molecule has 186 valence electrons. The Bertz CT molecular complexity index is 1640. The molecule has 0 spiro atoms. The third kappa shape index (κ3) is 3.53. The first kappa shape index (κ1) is 24.1. The van der Waals surface area contributed by atoms with Gasteiger partial charge in [-0.05, 0) is 51.4 Å². The number of esters is 1. The molecule has 0 saturated carbocycles. The van der Waals surface area contributed by atoms with Crippen molar-refractivity contribution in [2.45, 2.75) is 44.2 Å². The Morgan fingerprint density at radius 3 is 2.67 bits per heavy atom. The number of aromatic nitrogens is 3. The fraction of sp³-hybridized carbons (Fsp3) is 0.280. The molecule has 2 unspecified atom stereocenters. The Hall–Kier alpha value is -3.57. The van der Waals surface area contributed by atoms with E-state index >= 15 is 0 Å². The molecule has 3 heterocycles. The highest BCUT2D eigenvalue weighted by Crippen LogP contribution is 2.44. The molecule has 5 rings (SSSR count). The maximum absolute atomic E-state index is 14.1. The number of nitrogens with zero attached hydrogens (tertiary/aromatic N) is 4. The van der Waals surface area contributed by atoms with E-state index in [9.17, 15) is 13.2 Å². The third-order valence-corrected chi connectivity index (χ3v) is 8.61. The highest BCUT2D eigenvalue weighted by Gasteiger charge is 2.60. The molecule has 36 heavy (non-hydrogen) atoms. The summed E-state index contributed by atoms with van der Waals surface area (Å²) in [4.78, 5) is 17.9. The number of hydrogen-bond donors (Lipinski definition) is 0. The number of carbonyl (C=O) groups is 1. The fourth-order valence-electron chi connectivity index (χ4n) is 4.77. The average Bonchev–Trinajstić information content (AvgIpc) is 3.36. The van der Waals surface area contributed by atoms with Gasteiger partial charge in [-0.15, -0.1) is 0 Å². The first-order valence-corrected chi connectivity index (χ1v) is 13.2. The summed E-state index contributed by atoms with van der Waals surface area (Å²) in [5.41, 5.74) is 0.960. The Morgan fingerprint density at radius 1 is 1.19 bits per heavy atom. The summed E-state index contributed by atoms with van der Waals surface area (Å²) >= 11 is 5.46. The van der Waals surface area contributed by atoms with E-state index in [2.05, 4.69) is 10.1 Å². The molecule has 9 nitrogen and oxygen atoms in total. The molecule has 0 N–H and O–H groups in total. The molecule has 4 aromatic rings. The molecule has 0 bridgehead atoms. The van der Waals surface area contributed by atoms with Gasteiger partial charge in [-0.3, -0.25) is 0 Å². The number of aryl methyl sites for hydroxylation is 2. The van der Waals surface area contributed by atoms with E-state index in [1.807, 2.05) is 31.2 Å². The highest BCUT2D eigenvalue weighted by molar-refractivity contribution is 7.91. The van der Waals surface area contributed by atoms with Crippen LogP contribution in [0.15, 0.2) is 59.6 Å². The first-order valence-electron chi connectivity index (χ1n) is 11.3. The van der Waals surface area contributed by atoms with Crippen molar-refractivity contribution in [1.82, 2.24) is 18.9 Å². The lowest BCUT2D eigenvalue weighted by Crippen LogP contribution is -2.50. The van der Waals surface area contributed by atoms with Crippen LogP contribution in [0.4, 0.5) is 0 Å². The molecule has 2 aromatic heterocycles. The normalized spacial score (nSPS) is 20.2. The van der Waals surface area contributed by atoms with Crippen molar-refractivity contribution in [3.05, 3.63) is 71.7 Å². The largest absolute Gasteiger partial charge is 0.464 e. The summed E-state index contributed by atoms with van der Waals surface area (Å²) in [5, 5.41) is 5.36. The summed E-state index contributed by atoms with van der Waals surface area (Å²) in [5.74, 6) is -0.778. The molecule has 0 aliphatic carbocycles. The van der Waals surface area contributed by atoms with Gasteiger partial charge in [0, 0.05) is 23.2 Å². The second-order valence-electron chi connectivity index (χ2n) is 8.72. The summed E-state index contributed by atoms with van der Waals surface area (Å²) in [6.07, 6.45) is 1.56. The predicted octanol–water partition coefficient (Wildman–Crippen LogP) is 3.65. The quantitative estimate of drug-likeness (QED) is 0.288. The van der Waals surface area contributed by atoms with Crippen molar-refractivity contribution in [1.29, 1.82) is 0 Å². The van der Waals surface area contributed by atoms with Crippen LogP contribution in [0.25, 0.3) is 16.4 Å². The molecule has 0 amide bonds. The zero-order valence-corrected chi connectivity index (χ0v) is 21.8. The zero-order chi connectivity index (χ0) is 25.8. The number of benzene rings is 2. The van der Waals surface area contributed by atoms with Crippen LogP contribution in [0, 0.1) is 13.8 Å². The average molecular weight is 525 g/mol. The number of sulfonamides is 1. The van der Waals surface area contributed by atoms with Crippen molar-refractivity contribution in [2.75, 3.05) is 6.61 Å². The molecule has 2 atom stereocenters. The second kappa shape index (κ2) is 8.52. The molecule has 0 radical (unpaired) electrons. The SMILES string of the molecule is CCOC(=O)C1N(S(=O)(=O)c2cccc3ccccc23)C(=S)OC1(C)c1cnc2cc(C)nn2c1C. The van der Waals surface area contributed by atoms with Gasteiger partial charge in [0.05, 0.1) is 22.9 Å². The smallest absolute Gasteiger partial charge is 0.334 e. The standard InChI is InChI=1S/C25H24N4O5S2/c1-5-33-23(30)22-25(4,19-14-26-21-13-15(2)27-28(21)16(19)3)34-24(35)29(22)36(31,32)20-12-8-10-17-9-6-7-11-18(17)20/h6-14,22H,5H2,1-4H3. The molecule has 1 aliphatic rings. The topological polar surface area (TPSA) is 103 Å². The van der Waals surface area contributed by atoms with Crippen molar-refractivity contribution in [3.63, 3.8) is 0 Å². The number of ether oxygens (including phenoxy) is 2. The second-order valence-corrected chi connectivity index (χ2v) is 10.9. The summed E-state index contributed by atoms with van der Waals surface area (Å²) in [6, 6.07) is 12.4. The lowest BCUT2D eigenvalue weighted by atomic mass is 9.88. The van der Waals surface area contributed by atoms with Gasteiger partial charge in [0.15, 0.2) is 17.3 Å². The van der Waals surface area contributed by atoms with E-state index in [-0.39, 0.29) is 16.7 Å². The maximum Gasteiger partial charge on any atom is 0.334 e. The van der Waals surface area contributed by atoms with Crippen LogP contribution in [0.3, 0.4) is 0 Å². The maximum atomic E-state index is 14.1. The van der Waals surface area contributed by atoms with E-state index < -0.39 is 27.6 Å². The molecule has 2 aromatic carbocycles. The van der Waals surface area contributed by atoms with Crippen LogP contribution in [-0.2, 0) is 29.9 Å². The predicted molar refractivity (Wildman–Crippen MR) is 137 cm³/mol. The van der Waals surface area contributed by atoms with Crippen molar-refractivity contribution in [3.8, 4) is 0 Å². The Balaban J connectivity index is 1.72. The molecule has 1 fully saturated rings. The molecule has 1 aliphatic heterocycles. The van der Waals surface area contributed by atoms with Gasteiger partial charge in [0.2, 0.25) is 0 Å². The van der Waals surface area contributed by atoms with E-state index in [0.717, 1.165) is 15.4 Å². The van der Waals surface area contributed by atoms with Gasteiger partial charge in [-0.25, -0.2) is 27.0 Å². The van der Waals surface area contributed by atoms with Crippen LogP contribution in [-0.4, -0.2) is 51.1 Å². The lowest BCUT2D eigenvalue weighted by molar-refractivity contribution is -0.150. The number of carbonyl (C=O) groups excluding carboxylic acids is 1. The lowest BCUT2D eigenvalue weighted by Gasteiger charge is -2.31. The molecule has 11 heteroatoms. The number of thiocarbonyl (C=S) groups is 1. The number of rotatable bonds is 5. The van der Waals surface area contributed by atoms with Crippen molar-refractivity contribution in [2.24, 2.45) is 0 Å². The van der Waals surface area contributed by atoms with Crippen LogP contribution in [0.2, 0.25) is 0 Å². The summed E-state index contributed by atoms with van der Waals surface area (Å²) < 4.78 is 42.1. The van der Waals surface area contributed by atoms with Crippen LogP contribution < -0.4 is 0 Å². The highest BCUT2D eigenvalue weighted by atomic mass is 32.2. The molecule has 1 saturated heterocycles. The van der Waals surface area contributed by atoms with E-state index in [1.165, 1.54) is 6.07 Å². The zero-order valence-electron chi connectivity index (χ0n) is 20.1. The minimum atomic E-state index is -4.33. The number of fused-ring (bicyclic) bond motifs is 2. The van der Waals surface area contributed by atoms with Crippen molar-refractivity contribution < 1.29 is 22.7 Å². The van der Waals surface area contributed by atoms with E-state index in [4.69, 9.17) is 21.7 Å². The fourth-order valence-corrected chi connectivity index (χ4v) is 7.07. The van der Waals surface area contributed by atoms with Crippen LogP contribution >= 0.6 is 12.2 Å². The van der Waals surface area contributed by atoms with Gasteiger partial charge in [0.25, 0.3) is 15.2 Å².